The van der Waals surface area contributed by atoms with Crippen LogP contribution in [-0.4, -0.2) is 36.5 Å². The molecule has 0 atom stereocenters. The Bertz CT molecular complexity index is 1170. The quantitative estimate of drug-likeness (QED) is 0.565. The van der Waals surface area contributed by atoms with Crippen LogP contribution < -0.4 is 15.0 Å². The van der Waals surface area contributed by atoms with Crippen LogP contribution >= 0.6 is 0 Å². The normalized spacial score (nSPS) is 18.6. The Balaban J connectivity index is 1.68. The van der Waals surface area contributed by atoms with Gasteiger partial charge in [-0.15, -0.1) is 0 Å². The highest BCUT2D eigenvalue weighted by Crippen LogP contribution is 2.41. The SMILES string of the molecule is COc1cc2c(cc1/C=C1/NC(=O)N(Cc3ccc(F)cc3)C1=O)C(C)=CC(C)(C)N2C. The molecule has 7 heteroatoms. The summed E-state index contributed by atoms with van der Waals surface area (Å²) in [5, 5.41) is 2.64. The summed E-state index contributed by atoms with van der Waals surface area (Å²) in [6.45, 7) is 6.41. The number of nitrogens with one attached hydrogen (secondary N) is 1. The molecule has 0 radical (unpaired) electrons. The molecule has 0 aliphatic carbocycles. The molecule has 2 aromatic rings. The van der Waals surface area contributed by atoms with Crippen LogP contribution in [0.1, 0.15) is 37.5 Å². The highest BCUT2D eigenvalue weighted by molar-refractivity contribution is 6.14. The molecule has 4 rings (SSSR count). The number of halogens is 1. The van der Waals surface area contributed by atoms with Gasteiger partial charge in [0, 0.05) is 29.9 Å². The largest absolute Gasteiger partial charge is 0.496 e. The number of rotatable bonds is 4. The van der Waals surface area contributed by atoms with E-state index in [9.17, 15) is 14.0 Å². The topological polar surface area (TPSA) is 61.9 Å². The van der Waals surface area contributed by atoms with Crippen LogP contribution in [0.3, 0.4) is 0 Å². The lowest BCUT2D eigenvalue weighted by atomic mass is 9.88. The van der Waals surface area contributed by atoms with Crippen molar-refractivity contribution in [2.45, 2.75) is 32.9 Å². The zero-order valence-electron chi connectivity index (χ0n) is 18.8. The zero-order chi connectivity index (χ0) is 23.2. The van der Waals surface area contributed by atoms with Gasteiger partial charge in [0.2, 0.25) is 0 Å². The predicted molar refractivity (Wildman–Crippen MR) is 123 cm³/mol. The van der Waals surface area contributed by atoms with Gasteiger partial charge in [-0.25, -0.2) is 9.18 Å². The molecule has 32 heavy (non-hydrogen) atoms. The van der Waals surface area contributed by atoms with Gasteiger partial charge in [-0.2, -0.15) is 0 Å². The number of likely N-dealkylation sites (N-methyl/N-ethyl adjacent to an activating group) is 1. The maximum absolute atomic E-state index is 13.2. The average Bonchev–Trinajstić information content (AvgIpc) is 3.00. The number of hydrogen-bond acceptors (Lipinski definition) is 4. The summed E-state index contributed by atoms with van der Waals surface area (Å²) < 4.78 is 18.8. The number of methoxy groups -OCH3 is 1. The van der Waals surface area contributed by atoms with Gasteiger partial charge in [0.25, 0.3) is 5.91 Å². The molecular formula is C25H26FN3O3. The number of anilines is 1. The third-order valence-electron chi connectivity index (χ3n) is 6.08. The third kappa shape index (κ3) is 3.75. The molecule has 2 heterocycles. The summed E-state index contributed by atoms with van der Waals surface area (Å²) in [5.41, 5.74) is 4.59. The number of fused-ring (bicyclic) bond motifs is 1. The Morgan fingerprint density at radius 3 is 2.50 bits per heavy atom. The number of benzene rings is 2. The van der Waals surface area contributed by atoms with E-state index in [1.165, 1.54) is 12.1 Å². The molecule has 0 bridgehead atoms. The fraction of sp³-hybridized carbons (Fsp3) is 0.280. The first-order valence-electron chi connectivity index (χ1n) is 10.4. The van der Waals surface area contributed by atoms with Crippen molar-refractivity contribution in [2.75, 3.05) is 19.1 Å². The standard InChI is InChI=1S/C25H26FN3O3/c1-15-13-25(2,3)28(4)21-12-22(32-5)17(10-19(15)21)11-20-23(30)29(24(31)27-20)14-16-6-8-18(26)9-7-16/h6-13H,14H2,1-5H3,(H,27,31)/b20-11+. The Labute approximate surface area is 187 Å². The van der Waals surface area contributed by atoms with Gasteiger partial charge < -0.3 is 15.0 Å². The minimum Gasteiger partial charge on any atom is -0.496 e. The van der Waals surface area contributed by atoms with Crippen LogP contribution in [0.2, 0.25) is 0 Å². The van der Waals surface area contributed by atoms with Crippen LogP contribution in [0.25, 0.3) is 11.6 Å². The Hall–Kier alpha value is -3.61. The summed E-state index contributed by atoms with van der Waals surface area (Å²) >= 11 is 0. The molecule has 166 valence electrons. The van der Waals surface area contributed by atoms with Crippen LogP contribution in [0.5, 0.6) is 5.75 Å². The Morgan fingerprint density at radius 1 is 1.16 bits per heavy atom. The number of ether oxygens (including phenoxy) is 1. The van der Waals surface area contributed by atoms with Crippen LogP contribution in [0.4, 0.5) is 14.9 Å². The van der Waals surface area contributed by atoms with Gasteiger partial charge in [0.05, 0.1) is 19.2 Å². The lowest BCUT2D eigenvalue weighted by molar-refractivity contribution is -0.123. The van der Waals surface area contributed by atoms with Crippen LogP contribution in [-0.2, 0) is 11.3 Å². The molecule has 3 amide bonds. The molecule has 1 fully saturated rings. The van der Waals surface area contributed by atoms with Crippen molar-refractivity contribution in [1.29, 1.82) is 0 Å². The monoisotopic (exact) mass is 435 g/mol. The number of hydrogen-bond donors (Lipinski definition) is 1. The first-order valence-corrected chi connectivity index (χ1v) is 10.4. The molecule has 2 aromatic carbocycles. The number of amides is 3. The molecule has 1 N–H and O–H groups in total. The first-order chi connectivity index (χ1) is 15.1. The number of imide groups is 1. The van der Waals surface area contributed by atoms with Crippen molar-refractivity contribution in [3.8, 4) is 5.75 Å². The number of allylic oxidation sites excluding steroid dienone is 1. The molecule has 0 aromatic heterocycles. The molecule has 1 saturated heterocycles. The first kappa shape index (κ1) is 21.6. The Kier molecular flexibility index (Phi) is 5.28. The molecular weight excluding hydrogens is 409 g/mol. The Morgan fingerprint density at radius 2 is 1.84 bits per heavy atom. The highest BCUT2D eigenvalue weighted by atomic mass is 19.1. The summed E-state index contributed by atoms with van der Waals surface area (Å²) in [4.78, 5) is 28.6. The predicted octanol–water partition coefficient (Wildman–Crippen LogP) is 4.56. The lowest BCUT2D eigenvalue weighted by Gasteiger charge is -2.41. The summed E-state index contributed by atoms with van der Waals surface area (Å²) in [6.07, 6.45) is 3.84. The molecule has 0 spiro atoms. The van der Waals surface area contributed by atoms with E-state index < -0.39 is 11.9 Å². The smallest absolute Gasteiger partial charge is 0.329 e. The van der Waals surface area contributed by atoms with E-state index in [0.717, 1.165) is 21.7 Å². The third-order valence-corrected chi connectivity index (χ3v) is 6.08. The highest BCUT2D eigenvalue weighted by Gasteiger charge is 2.34. The number of carbonyl (C=O) groups is 2. The second kappa shape index (κ2) is 7.82. The molecule has 0 saturated carbocycles. The zero-order valence-corrected chi connectivity index (χ0v) is 18.8. The molecule has 0 unspecified atom stereocenters. The van der Waals surface area contributed by atoms with Gasteiger partial charge >= 0.3 is 6.03 Å². The van der Waals surface area contributed by atoms with Crippen molar-refractivity contribution in [3.63, 3.8) is 0 Å². The maximum Gasteiger partial charge on any atom is 0.329 e. The minimum absolute atomic E-state index is 0.0608. The number of nitrogens with zero attached hydrogens (tertiary/aromatic N) is 2. The molecule has 2 aliphatic rings. The lowest BCUT2D eigenvalue weighted by Crippen LogP contribution is -2.42. The molecule has 6 nitrogen and oxygen atoms in total. The summed E-state index contributed by atoms with van der Waals surface area (Å²) in [5.74, 6) is -0.207. The van der Waals surface area contributed by atoms with Crippen molar-refractivity contribution in [2.24, 2.45) is 0 Å². The van der Waals surface area contributed by atoms with Crippen molar-refractivity contribution < 1.29 is 18.7 Å². The van der Waals surface area contributed by atoms with Gasteiger partial charge in [0.1, 0.15) is 17.3 Å². The second-order valence-electron chi connectivity index (χ2n) is 8.66. The maximum atomic E-state index is 13.2. The van der Waals surface area contributed by atoms with E-state index in [4.69, 9.17) is 4.74 Å². The average molecular weight is 435 g/mol. The van der Waals surface area contributed by atoms with Crippen LogP contribution in [0.15, 0.2) is 48.2 Å². The van der Waals surface area contributed by atoms with Gasteiger partial charge in [-0.3, -0.25) is 9.69 Å². The van der Waals surface area contributed by atoms with E-state index >= 15 is 0 Å². The minimum atomic E-state index is -0.514. The van der Waals surface area contributed by atoms with Gasteiger partial charge in [-0.1, -0.05) is 18.2 Å². The fourth-order valence-corrected chi connectivity index (χ4v) is 4.13. The molecule has 2 aliphatic heterocycles. The van der Waals surface area contributed by atoms with Gasteiger partial charge in [-0.05, 0) is 56.2 Å². The van der Waals surface area contributed by atoms with E-state index in [1.54, 1.807) is 25.3 Å². The van der Waals surface area contributed by atoms with Crippen molar-refractivity contribution >= 4 is 29.3 Å². The van der Waals surface area contributed by atoms with Crippen LogP contribution in [0, 0.1) is 5.82 Å². The second-order valence-corrected chi connectivity index (χ2v) is 8.66. The van der Waals surface area contributed by atoms with Crippen molar-refractivity contribution in [1.82, 2.24) is 10.2 Å². The number of carbonyl (C=O) groups excluding carboxylic acids is 2. The van der Waals surface area contributed by atoms with Crippen molar-refractivity contribution in [3.05, 3.63) is 70.7 Å². The van der Waals surface area contributed by atoms with E-state index in [0.29, 0.717) is 16.9 Å². The summed E-state index contributed by atoms with van der Waals surface area (Å²) in [7, 11) is 3.61. The van der Waals surface area contributed by atoms with E-state index in [1.807, 2.05) is 19.2 Å². The van der Waals surface area contributed by atoms with E-state index in [2.05, 4.69) is 37.1 Å². The fourth-order valence-electron chi connectivity index (χ4n) is 4.13. The van der Waals surface area contributed by atoms with Gasteiger partial charge in [0.15, 0.2) is 0 Å². The number of urea groups is 1. The van der Waals surface area contributed by atoms with E-state index in [-0.39, 0.29) is 23.6 Å². The summed E-state index contributed by atoms with van der Waals surface area (Å²) in [6, 6.07) is 9.13.